The number of halogens is 1. The number of rotatable bonds is 6. The van der Waals surface area contributed by atoms with E-state index in [9.17, 15) is 9.59 Å². The third-order valence-corrected chi connectivity index (χ3v) is 10.1. The Bertz CT molecular complexity index is 1440. The molecule has 0 N–H and O–H groups in total. The molecular weight excluding hydrogens is 618 g/mol. The highest BCUT2D eigenvalue weighted by Crippen LogP contribution is 2.38. The van der Waals surface area contributed by atoms with Gasteiger partial charge in [0.15, 0.2) is 0 Å². The van der Waals surface area contributed by atoms with Crippen LogP contribution in [0.2, 0.25) is 5.02 Å². The quantitative estimate of drug-likeness (QED) is 0.343. The van der Waals surface area contributed by atoms with E-state index < -0.39 is 5.60 Å². The molecule has 2 bridgehead atoms. The van der Waals surface area contributed by atoms with Crippen LogP contribution in [0.3, 0.4) is 0 Å². The maximum absolute atomic E-state index is 13.3. The molecule has 47 heavy (non-hydrogen) atoms. The summed E-state index contributed by atoms with van der Waals surface area (Å²) in [7, 11) is 0. The summed E-state index contributed by atoms with van der Waals surface area (Å²) in [6.45, 7) is 12.2. The lowest BCUT2D eigenvalue weighted by atomic mass is 9.96. The average Bonchev–Trinajstić information content (AvgIpc) is 3.31. The standard InChI is InChI=1S/C36H46ClN5O5/c1-36(2,3)47-34(43)41-14-12-25(13-15-41)24-39-16-18-40(19-17-39)27-7-10-30(11-8-27)46-35(44)42-28-5-6-29(42)21-32(20-28)45-31-9-4-26(23-38)33(37)22-31/h4,7-11,22,25,28-29,32H,5-6,12-21,24H2,1-3H3. The summed E-state index contributed by atoms with van der Waals surface area (Å²) in [6.07, 6.45) is 4.86. The Morgan fingerprint density at radius 1 is 0.872 bits per heavy atom. The Kier molecular flexibility index (Phi) is 10.0. The molecule has 0 saturated carbocycles. The number of nitrogens with zero attached hydrogens (tertiary/aromatic N) is 5. The van der Waals surface area contributed by atoms with Crippen molar-refractivity contribution in [3.05, 3.63) is 53.1 Å². The fraction of sp³-hybridized carbons (Fsp3) is 0.583. The van der Waals surface area contributed by atoms with Crippen molar-refractivity contribution in [2.24, 2.45) is 5.92 Å². The SMILES string of the molecule is CC(C)(C)OC(=O)N1CCC(CN2CCN(c3ccc(OC(=O)N4C5CCC4CC(Oc4ccc(C#N)c(Cl)c4)C5)cc3)CC2)CC1. The lowest BCUT2D eigenvalue weighted by Crippen LogP contribution is -2.50. The molecule has 252 valence electrons. The average molecular weight is 664 g/mol. The smallest absolute Gasteiger partial charge is 0.415 e. The Morgan fingerprint density at radius 3 is 2.11 bits per heavy atom. The lowest BCUT2D eigenvalue weighted by Gasteiger charge is -2.39. The molecule has 2 unspecified atom stereocenters. The van der Waals surface area contributed by atoms with Gasteiger partial charge in [0.05, 0.1) is 10.6 Å². The highest BCUT2D eigenvalue weighted by Gasteiger charge is 2.45. The van der Waals surface area contributed by atoms with E-state index in [2.05, 4.69) is 15.9 Å². The maximum Gasteiger partial charge on any atom is 0.415 e. The minimum absolute atomic E-state index is 0.0162. The van der Waals surface area contributed by atoms with Gasteiger partial charge < -0.3 is 28.9 Å². The van der Waals surface area contributed by atoms with Crippen molar-refractivity contribution in [2.75, 3.05) is 50.7 Å². The van der Waals surface area contributed by atoms with Crippen LogP contribution in [0.25, 0.3) is 0 Å². The van der Waals surface area contributed by atoms with E-state index in [-0.39, 0.29) is 30.4 Å². The minimum atomic E-state index is -0.460. The van der Waals surface area contributed by atoms with Crippen LogP contribution in [0.1, 0.15) is 64.9 Å². The zero-order valence-corrected chi connectivity index (χ0v) is 28.5. The van der Waals surface area contributed by atoms with Gasteiger partial charge in [-0.05, 0) is 88.8 Å². The number of hydrogen-bond acceptors (Lipinski definition) is 8. The van der Waals surface area contributed by atoms with E-state index in [1.807, 2.05) is 54.8 Å². The summed E-state index contributed by atoms with van der Waals surface area (Å²) >= 11 is 6.19. The van der Waals surface area contributed by atoms with Crippen molar-refractivity contribution in [1.82, 2.24) is 14.7 Å². The number of piperazine rings is 1. The molecule has 4 heterocycles. The second-order valence-electron chi connectivity index (χ2n) is 14.3. The number of hydrogen-bond donors (Lipinski definition) is 0. The van der Waals surface area contributed by atoms with Gasteiger partial charge in [-0.2, -0.15) is 5.26 Å². The third kappa shape index (κ3) is 8.25. The lowest BCUT2D eigenvalue weighted by molar-refractivity contribution is 0.0168. The van der Waals surface area contributed by atoms with E-state index in [4.69, 9.17) is 31.1 Å². The fourth-order valence-electron chi connectivity index (χ4n) is 7.43. The van der Waals surface area contributed by atoms with Gasteiger partial charge in [-0.1, -0.05) is 11.6 Å². The molecule has 4 saturated heterocycles. The van der Waals surface area contributed by atoms with Crippen LogP contribution < -0.4 is 14.4 Å². The molecule has 2 aromatic carbocycles. The zero-order chi connectivity index (χ0) is 33.1. The largest absolute Gasteiger partial charge is 0.490 e. The van der Waals surface area contributed by atoms with E-state index in [1.54, 1.807) is 18.2 Å². The van der Waals surface area contributed by atoms with Crippen LogP contribution in [0.4, 0.5) is 15.3 Å². The first-order valence-corrected chi connectivity index (χ1v) is 17.3. The maximum atomic E-state index is 13.3. The molecular formula is C36H46ClN5O5. The molecule has 6 rings (SSSR count). The number of fused-ring (bicyclic) bond motifs is 2. The number of anilines is 1. The molecule has 2 amide bonds. The fourth-order valence-corrected chi connectivity index (χ4v) is 7.64. The number of piperidine rings is 2. The molecule has 4 aliphatic rings. The molecule has 4 aliphatic heterocycles. The van der Waals surface area contributed by atoms with Gasteiger partial charge in [0, 0.05) is 82.5 Å². The van der Waals surface area contributed by atoms with Crippen molar-refractivity contribution >= 4 is 29.5 Å². The number of likely N-dealkylation sites (tertiary alicyclic amines) is 1. The molecule has 0 aromatic heterocycles. The van der Waals surface area contributed by atoms with Gasteiger partial charge >= 0.3 is 12.2 Å². The van der Waals surface area contributed by atoms with E-state index >= 15 is 0 Å². The Morgan fingerprint density at radius 2 is 1.51 bits per heavy atom. The van der Waals surface area contributed by atoms with Crippen LogP contribution >= 0.6 is 11.6 Å². The molecule has 10 nitrogen and oxygen atoms in total. The third-order valence-electron chi connectivity index (χ3n) is 9.83. The summed E-state index contributed by atoms with van der Waals surface area (Å²) in [4.78, 5) is 34.3. The van der Waals surface area contributed by atoms with Gasteiger partial charge in [-0.3, -0.25) is 4.90 Å². The first kappa shape index (κ1) is 33.2. The Balaban J connectivity index is 0.928. The summed E-state index contributed by atoms with van der Waals surface area (Å²) in [5, 5.41) is 9.50. The molecule has 2 atom stereocenters. The van der Waals surface area contributed by atoms with Crippen molar-refractivity contribution in [1.29, 1.82) is 5.26 Å². The van der Waals surface area contributed by atoms with Gasteiger partial charge in [0.25, 0.3) is 0 Å². The topological polar surface area (TPSA) is 98.6 Å². The number of benzene rings is 2. The predicted octanol–water partition coefficient (Wildman–Crippen LogP) is 6.55. The highest BCUT2D eigenvalue weighted by atomic mass is 35.5. The van der Waals surface area contributed by atoms with Gasteiger partial charge in [0.1, 0.15) is 29.3 Å². The summed E-state index contributed by atoms with van der Waals surface area (Å²) in [5.74, 6) is 1.80. The number of carbonyl (C=O) groups excluding carboxylic acids is 2. The van der Waals surface area contributed by atoms with Gasteiger partial charge in [-0.15, -0.1) is 0 Å². The number of carbonyl (C=O) groups is 2. The van der Waals surface area contributed by atoms with Crippen LogP contribution in [-0.4, -0.2) is 96.5 Å². The van der Waals surface area contributed by atoms with Crippen LogP contribution in [0, 0.1) is 17.2 Å². The molecule has 2 aromatic rings. The van der Waals surface area contributed by atoms with Gasteiger partial charge in [-0.25, -0.2) is 9.59 Å². The van der Waals surface area contributed by atoms with Gasteiger partial charge in [0.2, 0.25) is 0 Å². The summed E-state index contributed by atoms with van der Waals surface area (Å²) < 4.78 is 17.6. The monoisotopic (exact) mass is 663 g/mol. The minimum Gasteiger partial charge on any atom is -0.490 e. The molecule has 0 aliphatic carbocycles. The van der Waals surface area contributed by atoms with E-state index in [0.29, 0.717) is 28.0 Å². The van der Waals surface area contributed by atoms with Crippen molar-refractivity contribution < 1.29 is 23.8 Å². The van der Waals surface area contributed by atoms with Crippen molar-refractivity contribution in [2.45, 2.75) is 83.1 Å². The molecule has 0 radical (unpaired) electrons. The van der Waals surface area contributed by atoms with E-state index in [0.717, 1.165) is 90.0 Å². The predicted molar refractivity (Wildman–Crippen MR) is 180 cm³/mol. The molecule has 11 heteroatoms. The first-order chi connectivity index (χ1) is 22.5. The highest BCUT2D eigenvalue weighted by molar-refractivity contribution is 6.31. The van der Waals surface area contributed by atoms with Crippen molar-refractivity contribution in [3.8, 4) is 17.6 Å². The number of amides is 2. The number of ether oxygens (including phenoxy) is 3. The first-order valence-electron chi connectivity index (χ1n) is 17.0. The number of nitriles is 1. The van der Waals surface area contributed by atoms with Crippen LogP contribution in [0.15, 0.2) is 42.5 Å². The second-order valence-corrected chi connectivity index (χ2v) is 14.7. The molecule has 0 spiro atoms. The van der Waals surface area contributed by atoms with Crippen molar-refractivity contribution in [3.63, 3.8) is 0 Å². The Labute approximate surface area is 283 Å². The molecule has 4 fully saturated rings. The Hall–Kier alpha value is -3.68. The van der Waals surface area contributed by atoms with Crippen LogP contribution in [0.5, 0.6) is 11.5 Å². The zero-order valence-electron chi connectivity index (χ0n) is 27.7. The summed E-state index contributed by atoms with van der Waals surface area (Å²) in [5.41, 5.74) is 1.10. The van der Waals surface area contributed by atoms with Crippen LogP contribution in [-0.2, 0) is 4.74 Å². The van der Waals surface area contributed by atoms with E-state index in [1.165, 1.54) is 0 Å². The normalized spacial score (nSPS) is 23.7. The summed E-state index contributed by atoms with van der Waals surface area (Å²) in [6, 6.07) is 15.2. The second kappa shape index (κ2) is 14.2.